The summed E-state index contributed by atoms with van der Waals surface area (Å²) in [6.07, 6.45) is 3.91. The molecule has 1 heterocycles. The van der Waals surface area contributed by atoms with Crippen LogP contribution in [-0.4, -0.2) is 25.7 Å². The molecule has 0 atom stereocenters. The first-order valence-corrected chi connectivity index (χ1v) is 10.3. The number of rotatable bonds is 8. The van der Waals surface area contributed by atoms with Crippen molar-refractivity contribution >= 4 is 32.5 Å². The number of aromatic nitrogens is 1. The zero-order valence-electron chi connectivity index (χ0n) is 13.8. The van der Waals surface area contributed by atoms with Crippen LogP contribution in [0.25, 0.3) is 10.9 Å². The van der Waals surface area contributed by atoms with Crippen molar-refractivity contribution in [2.45, 2.75) is 19.3 Å². The molecule has 0 aliphatic rings. The number of hydrogen-bond donors (Lipinski definition) is 2. The summed E-state index contributed by atoms with van der Waals surface area (Å²) >= 11 is 6.04. The summed E-state index contributed by atoms with van der Waals surface area (Å²) in [6, 6.07) is 15.6. The van der Waals surface area contributed by atoms with E-state index in [1.165, 1.54) is 0 Å². The first-order chi connectivity index (χ1) is 12.0. The van der Waals surface area contributed by atoms with Crippen LogP contribution in [0.3, 0.4) is 0 Å². The summed E-state index contributed by atoms with van der Waals surface area (Å²) in [4.78, 5) is 3.18. The van der Waals surface area contributed by atoms with E-state index in [9.17, 15) is 8.42 Å². The van der Waals surface area contributed by atoms with Crippen molar-refractivity contribution in [1.82, 2.24) is 9.71 Å². The van der Waals surface area contributed by atoms with Gasteiger partial charge in [-0.1, -0.05) is 41.9 Å². The Morgan fingerprint density at radius 1 is 1.04 bits per heavy atom. The fourth-order valence-electron chi connectivity index (χ4n) is 2.88. The molecular formula is C19H21ClN2O2S. The largest absolute Gasteiger partial charge is 0.361 e. The second-order valence-corrected chi connectivity index (χ2v) is 8.42. The van der Waals surface area contributed by atoms with Gasteiger partial charge in [0.1, 0.15) is 0 Å². The Hall–Kier alpha value is -1.82. The van der Waals surface area contributed by atoms with E-state index in [2.05, 4.69) is 9.71 Å². The molecule has 0 radical (unpaired) electrons. The van der Waals surface area contributed by atoms with E-state index in [-0.39, 0.29) is 5.75 Å². The van der Waals surface area contributed by atoms with Crippen LogP contribution in [0.4, 0.5) is 0 Å². The Morgan fingerprint density at radius 3 is 2.64 bits per heavy atom. The first-order valence-electron chi connectivity index (χ1n) is 8.30. The van der Waals surface area contributed by atoms with Gasteiger partial charge < -0.3 is 4.98 Å². The van der Waals surface area contributed by atoms with Gasteiger partial charge in [0.2, 0.25) is 10.0 Å². The molecule has 4 nitrogen and oxygen atoms in total. The summed E-state index contributed by atoms with van der Waals surface area (Å²) < 4.78 is 26.9. The van der Waals surface area contributed by atoms with Gasteiger partial charge in [-0.05, 0) is 48.6 Å². The number of halogens is 1. The maximum Gasteiger partial charge on any atom is 0.211 e. The molecule has 0 bridgehead atoms. The van der Waals surface area contributed by atoms with Crippen LogP contribution in [-0.2, 0) is 22.9 Å². The minimum Gasteiger partial charge on any atom is -0.361 e. The van der Waals surface area contributed by atoms with Crippen LogP contribution in [0.2, 0.25) is 5.02 Å². The standard InChI is InChI=1S/C19H21ClN2O2S/c20-17-8-9-19-18(13-17)16(14-21-19)10-11-22-25(23,24)12-4-7-15-5-2-1-3-6-15/h1-3,5-6,8-9,13-14,21-22H,4,7,10-12H2. The first kappa shape index (κ1) is 18.0. The Kier molecular flexibility index (Phi) is 5.78. The normalized spacial score (nSPS) is 11.9. The number of benzene rings is 2. The molecule has 3 rings (SSSR count). The van der Waals surface area contributed by atoms with Gasteiger partial charge in [0.15, 0.2) is 0 Å². The summed E-state index contributed by atoms with van der Waals surface area (Å²) in [7, 11) is -3.25. The number of hydrogen-bond acceptors (Lipinski definition) is 2. The molecule has 6 heteroatoms. The van der Waals surface area contributed by atoms with Crippen molar-refractivity contribution < 1.29 is 8.42 Å². The van der Waals surface area contributed by atoms with Crippen molar-refractivity contribution in [1.29, 1.82) is 0 Å². The van der Waals surface area contributed by atoms with Gasteiger partial charge >= 0.3 is 0 Å². The number of fused-ring (bicyclic) bond motifs is 1. The average molecular weight is 377 g/mol. The maximum absolute atomic E-state index is 12.1. The summed E-state index contributed by atoms with van der Waals surface area (Å²) in [6.45, 7) is 0.382. The predicted molar refractivity (Wildman–Crippen MR) is 104 cm³/mol. The average Bonchev–Trinajstić information content (AvgIpc) is 2.98. The zero-order chi connectivity index (χ0) is 17.7. The molecule has 0 saturated carbocycles. The van der Waals surface area contributed by atoms with Crippen LogP contribution in [0.15, 0.2) is 54.7 Å². The highest BCUT2D eigenvalue weighted by molar-refractivity contribution is 7.89. The fourth-order valence-corrected chi connectivity index (χ4v) is 4.14. The molecule has 25 heavy (non-hydrogen) atoms. The van der Waals surface area contributed by atoms with E-state index in [0.29, 0.717) is 24.4 Å². The van der Waals surface area contributed by atoms with Crippen molar-refractivity contribution in [3.8, 4) is 0 Å². The third kappa shape index (κ3) is 5.08. The Balaban J connectivity index is 1.49. The van der Waals surface area contributed by atoms with E-state index >= 15 is 0 Å². The molecule has 0 fully saturated rings. The second-order valence-electron chi connectivity index (χ2n) is 6.06. The number of aromatic amines is 1. The Labute approximate surface area is 153 Å². The lowest BCUT2D eigenvalue weighted by molar-refractivity contribution is 0.579. The lowest BCUT2D eigenvalue weighted by Crippen LogP contribution is -2.28. The van der Waals surface area contributed by atoms with E-state index < -0.39 is 10.0 Å². The van der Waals surface area contributed by atoms with Gasteiger partial charge in [0, 0.05) is 28.7 Å². The number of sulfonamides is 1. The van der Waals surface area contributed by atoms with Gasteiger partial charge in [-0.2, -0.15) is 0 Å². The lowest BCUT2D eigenvalue weighted by Gasteiger charge is -2.07. The molecule has 0 aliphatic heterocycles. The van der Waals surface area contributed by atoms with E-state index in [1.807, 2.05) is 54.7 Å². The summed E-state index contributed by atoms with van der Waals surface area (Å²) in [5, 5.41) is 1.71. The quantitative estimate of drug-likeness (QED) is 0.626. The molecule has 0 unspecified atom stereocenters. The van der Waals surface area contributed by atoms with Gasteiger partial charge in [0.05, 0.1) is 5.75 Å². The smallest absolute Gasteiger partial charge is 0.211 e. The van der Waals surface area contributed by atoms with Crippen molar-refractivity contribution in [2.24, 2.45) is 0 Å². The fraction of sp³-hybridized carbons (Fsp3) is 0.263. The van der Waals surface area contributed by atoms with E-state index in [1.54, 1.807) is 0 Å². The number of H-pyrrole nitrogens is 1. The Bertz CT molecular complexity index is 936. The molecule has 0 aliphatic carbocycles. The minimum atomic E-state index is -3.25. The molecule has 0 amide bonds. The highest BCUT2D eigenvalue weighted by Crippen LogP contribution is 2.22. The third-order valence-electron chi connectivity index (χ3n) is 4.17. The monoisotopic (exact) mass is 376 g/mol. The van der Waals surface area contributed by atoms with Gasteiger partial charge in [-0.25, -0.2) is 13.1 Å². The van der Waals surface area contributed by atoms with Gasteiger partial charge in [0.25, 0.3) is 0 Å². The molecular weight excluding hydrogens is 356 g/mol. The second kappa shape index (κ2) is 8.04. The maximum atomic E-state index is 12.1. The van der Waals surface area contributed by atoms with Crippen LogP contribution in [0.1, 0.15) is 17.5 Å². The highest BCUT2D eigenvalue weighted by atomic mass is 35.5. The third-order valence-corrected chi connectivity index (χ3v) is 5.87. The van der Waals surface area contributed by atoms with Crippen molar-refractivity contribution in [3.05, 3.63) is 70.9 Å². The Morgan fingerprint density at radius 2 is 1.84 bits per heavy atom. The molecule has 2 N–H and O–H groups in total. The van der Waals surface area contributed by atoms with Crippen molar-refractivity contribution in [3.63, 3.8) is 0 Å². The number of aryl methyl sites for hydroxylation is 1. The topological polar surface area (TPSA) is 62.0 Å². The molecule has 3 aromatic rings. The predicted octanol–water partition coefficient (Wildman–Crippen LogP) is 3.92. The van der Waals surface area contributed by atoms with Gasteiger partial charge in [-0.15, -0.1) is 0 Å². The summed E-state index contributed by atoms with van der Waals surface area (Å²) in [5.74, 6) is 0.140. The van der Waals surface area contributed by atoms with Gasteiger partial charge in [-0.3, -0.25) is 0 Å². The van der Waals surface area contributed by atoms with Crippen LogP contribution < -0.4 is 4.72 Å². The minimum absolute atomic E-state index is 0.140. The molecule has 0 spiro atoms. The van der Waals surface area contributed by atoms with Crippen LogP contribution in [0.5, 0.6) is 0 Å². The molecule has 132 valence electrons. The van der Waals surface area contributed by atoms with Crippen LogP contribution in [0, 0.1) is 0 Å². The SMILES string of the molecule is O=S(=O)(CCCc1ccccc1)NCCc1c[nH]c2ccc(Cl)cc12. The molecule has 2 aromatic carbocycles. The van der Waals surface area contributed by atoms with E-state index in [4.69, 9.17) is 11.6 Å². The van der Waals surface area contributed by atoms with Crippen LogP contribution >= 0.6 is 11.6 Å². The summed E-state index contributed by atoms with van der Waals surface area (Å²) in [5.41, 5.74) is 3.22. The van der Waals surface area contributed by atoms with Crippen molar-refractivity contribution in [2.75, 3.05) is 12.3 Å². The zero-order valence-corrected chi connectivity index (χ0v) is 15.4. The molecule has 0 saturated heterocycles. The lowest BCUT2D eigenvalue weighted by atomic mass is 10.1. The number of nitrogens with one attached hydrogen (secondary N) is 2. The highest BCUT2D eigenvalue weighted by Gasteiger charge is 2.11. The van der Waals surface area contributed by atoms with E-state index in [0.717, 1.165) is 28.5 Å². The molecule has 1 aromatic heterocycles.